The van der Waals surface area contributed by atoms with Crippen molar-refractivity contribution in [2.24, 2.45) is 0 Å². The van der Waals surface area contributed by atoms with E-state index >= 15 is 0 Å². The molecule has 1 saturated heterocycles. The van der Waals surface area contributed by atoms with Gasteiger partial charge in [-0.1, -0.05) is 11.6 Å². The lowest BCUT2D eigenvalue weighted by Crippen LogP contribution is -2.42. The Morgan fingerprint density at radius 2 is 2.50 bits per heavy atom. The molecule has 0 aromatic carbocycles. The maximum absolute atomic E-state index is 12.3. The highest BCUT2D eigenvalue weighted by atomic mass is 35.5. The van der Waals surface area contributed by atoms with Crippen molar-refractivity contribution in [1.82, 2.24) is 10.2 Å². The van der Waals surface area contributed by atoms with Crippen molar-refractivity contribution < 1.29 is 9.90 Å². The Labute approximate surface area is 116 Å². The molecule has 1 unspecified atom stereocenters. The second-order valence-electron chi connectivity index (χ2n) is 4.37. The smallest absolute Gasteiger partial charge is 0.265 e. The fourth-order valence-electron chi connectivity index (χ4n) is 2.16. The van der Waals surface area contributed by atoms with E-state index in [0.717, 1.165) is 19.4 Å². The summed E-state index contributed by atoms with van der Waals surface area (Å²) in [5.41, 5.74) is 0. The van der Waals surface area contributed by atoms with E-state index in [4.69, 9.17) is 16.7 Å². The van der Waals surface area contributed by atoms with E-state index in [2.05, 4.69) is 5.32 Å². The molecule has 0 saturated carbocycles. The molecule has 0 radical (unpaired) electrons. The maximum atomic E-state index is 12.3. The Morgan fingerprint density at radius 3 is 3.06 bits per heavy atom. The average molecular weight is 289 g/mol. The van der Waals surface area contributed by atoms with Gasteiger partial charge in [0.25, 0.3) is 5.91 Å². The topological polar surface area (TPSA) is 52.6 Å². The van der Waals surface area contributed by atoms with Crippen LogP contribution in [0.5, 0.6) is 0 Å². The van der Waals surface area contributed by atoms with E-state index in [0.29, 0.717) is 29.0 Å². The molecule has 1 atom stereocenters. The number of nitrogens with one attached hydrogen (secondary N) is 1. The first-order chi connectivity index (χ1) is 8.72. The van der Waals surface area contributed by atoms with Crippen LogP contribution in [0.4, 0.5) is 0 Å². The van der Waals surface area contributed by atoms with Gasteiger partial charge in [-0.3, -0.25) is 4.79 Å². The van der Waals surface area contributed by atoms with Crippen LogP contribution in [0.2, 0.25) is 5.02 Å². The normalized spacial score (nSPS) is 19.1. The molecule has 4 nitrogen and oxygen atoms in total. The molecule has 2 heterocycles. The van der Waals surface area contributed by atoms with E-state index < -0.39 is 0 Å². The number of carbonyl (C=O) groups excluding carboxylic acids is 1. The van der Waals surface area contributed by atoms with Gasteiger partial charge in [0, 0.05) is 19.1 Å². The molecule has 100 valence electrons. The molecule has 6 heteroatoms. The van der Waals surface area contributed by atoms with Crippen molar-refractivity contribution in [2.45, 2.75) is 18.9 Å². The van der Waals surface area contributed by atoms with Crippen LogP contribution in [0.15, 0.2) is 11.4 Å². The third kappa shape index (κ3) is 3.23. The minimum Gasteiger partial charge on any atom is -0.395 e. The van der Waals surface area contributed by atoms with Gasteiger partial charge in [0.2, 0.25) is 0 Å². The molecule has 1 aliphatic rings. The van der Waals surface area contributed by atoms with Gasteiger partial charge in [-0.2, -0.15) is 0 Å². The van der Waals surface area contributed by atoms with Gasteiger partial charge in [-0.15, -0.1) is 11.3 Å². The Morgan fingerprint density at radius 1 is 1.67 bits per heavy atom. The van der Waals surface area contributed by atoms with E-state index in [9.17, 15) is 4.79 Å². The van der Waals surface area contributed by atoms with Crippen molar-refractivity contribution in [3.05, 3.63) is 21.3 Å². The first-order valence-electron chi connectivity index (χ1n) is 6.09. The zero-order chi connectivity index (χ0) is 13.0. The van der Waals surface area contributed by atoms with Crippen LogP contribution in [0.25, 0.3) is 0 Å². The molecule has 18 heavy (non-hydrogen) atoms. The minimum atomic E-state index is -0.0854. The fourth-order valence-corrected chi connectivity index (χ4v) is 3.27. The van der Waals surface area contributed by atoms with Crippen LogP contribution in [0.3, 0.4) is 0 Å². The zero-order valence-electron chi connectivity index (χ0n) is 10.1. The summed E-state index contributed by atoms with van der Waals surface area (Å²) in [5, 5.41) is 14.7. The lowest BCUT2D eigenvalue weighted by molar-refractivity contribution is 0.0711. The molecule has 2 rings (SSSR count). The molecule has 1 aliphatic heterocycles. The number of hydrogen-bond donors (Lipinski definition) is 2. The second kappa shape index (κ2) is 6.52. The van der Waals surface area contributed by atoms with Crippen LogP contribution in [-0.2, 0) is 0 Å². The largest absolute Gasteiger partial charge is 0.395 e. The van der Waals surface area contributed by atoms with Gasteiger partial charge in [-0.25, -0.2) is 0 Å². The predicted octanol–water partition coefficient (Wildman–Crippen LogP) is 1.59. The molecule has 1 amide bonds. The van der Waals surface area contributed by atoms with E-state index in [-0.39, 0.29) is 12.5 Å². The molecule has 0 bridgehead atoms. The lowest BCUT2D eigenvalue weighted by Gasteiger charge is -2.24. The number of aliphatic hydroxyl groups excluding tert-OH is 1. The van der Waals surface area contributed by atoms with Crippen molar-refractivity contribution >= 4 is 28.8 Å². The quantitative estimate of drug-likeness (QED) is 0.865. The summed E-state index contributed by atoms with van der Waals surface area (Å²) < 4.78 is 0. The van der Waals surface area contributed by atoms with Gasteiger partial charge in [0.15, 0.2) is 0 Å². The number of rotatable bonds is 5. The molecule has 1 aromatic rings. The third-order valence-electron chi connectivity index (χ3n) is 3.07. The van der Waals surface area contributed by atoms with Crippen LogP contribution >= 0.6 is 22.9 Å². The summed E-state index contributed by atoms with van der Waals surface area (Å²) in [6.07, 6.45) is 2.22. The Balaban J connectivity index is 2.04. The predicted molar refractivity (Wildman–Crippen MR) is 73.3 cm³/mol. The monoisotopic (exact) mass is 288 g/mol. The van der Waals surface area contributed by atoms with Gasteiger partial charge >= 0.3 is 0 Å². The summed E-state index contributed by atoms with van der Waals surface area (Å²) in [7, 11) is 0. The first-order valence-corrected chi connectivity index (χ1v) is 7.34. The van der Waals surface area contributed by atoms with Crippen LogP contribution in [-0.4, -0.2) is 48.2 Å². The van der Waals surface area contributed by atoms with Gasteiger partial charge in [0.05, 0.1) is 11.6 Å². The number of amides is 1. The third-order valence-corrected chi connectivity index (χ3v) is 4.40. The summed E-state index contributed by atoms with van der Waals surface area (Å²) in [6.45, 7) is 1.96. The highest BCUT2D eigenvalue weighted by molar-refractivity contribution is 7.12. The zero-order valence-corrected chi connectivity index (χ0v) is 11.6. The lowest BCUT2D eigenvalue weighted by atomic mass is 10.2. The fraction of sp³-hybridized carbons (Fsp3) is 0.583. The molecule has 2 N–H and O–H groups in total. The van der Waals surface area contributed by atoms with Gasteiger partial charge < -0.3 is 15.3 Å². The van der Waals surface area contributed by atoms with Crippen molar-refractivity contribution in [1.29, 1.82) is 0 Å². The summed E-state index contributed by atoms with van der Waals surface area (Å²) in [6, 6.07) is 2.06. The van der Waals surface area contributed by atoms with Gasteiger partial charge in [0.1, 0.15) is 4.88 Å². The Kier molecular flexibility index (Phi) is 5.00. The van der Waals surface area contributed by atoms with Crippen molar-refractivity contribution in [3.8, 4) is 0 Å². The van der Waals surface area contributed by atoms with E-state index in [1.165, 1.54) is 11.3 Å². The molecule has 0 spiro atoms. The first kappa shape index (κ1) is 13.8. The highest BCUT2D eigenvalue weighted by Gasteiger charge is 2.24. The summed E-state index contributed by atoms with van der Waals surface area (Å²) in [5.74, 6) is -0.0854. The van der Waals surface area contributed by atoms with Crippen LogP contribution in [0, 0.1) is 0 Å². The average Bonchev–Trinajstić information content (AvgIpc) is 2.99. The molecule has 1 aromatic heterocycles. The van der Waals surface area contributed by atoms with E-state index in [1.54, 1.807) is 16.3 Å². The van der Waals surface area contributed by atoms with Gasteiger partial charge in [-0.05, 0) is 30.8 Å². The standard InChI is InChI=1S/C12H17ClN2O2S/c13-10-3-7-18-11(10)12(17)15(5-6-16)8-9-2-1-4-14-9/h3,7,9,14,16H,1-2,4-6,8H2. The minimum absolute atomic E-state index is 0.0263. The van der Waals surface area contributed by atoms with E-state index in [1.807, 2.05) is 0 Å². The Bertz CT molecular complexity index is 405. The van der Waals surface area contributed by atoms with Crippen LogP contribution in [0.1, 0.15) is 22.5 Å². The second-order valence-corrected chi connectivity index (χ2v) is 5.69. The number of nitrogens with zero attached hydrogens (tertiary/aromatic N) is 1. The highest BCUT2D eigenvalue weighted by Crippen LogP contribution is 2.24. The molecule has 0 aliphatic carbocycles. The number of carbonyl (C=O) groups is 1. The molecule has 1 fully saturated rings. The van der Waals surface area contributed by atoms with Crippen molar-refractivity contribution in [2.75, 3.05) is 26.2 Å². The number of hydrogen-bond acceptors (Lipinski definition) is 4. The number of thiophene rings is 1. The number of halogens is 1. The summed E-state index contributed by atoms with van der Waals surface area (Å²) >= 11 is 7.32. The Hall–Kier alpha value is -0.620. The SMILES string of the molecule is O=C(c1sccc1Cl)N(CCO)CC1CCCN1. The molecular weight excluding hydrogens is 272 g/mol. The maximum Gasteiger partial charge on any atom is 0.265 e. The summed E-state index contributed by atoms with van der Waals surface area (Å²) in [4.78, 5) is 14.6. The van der Waals surface area contributed by atoms with Crippen molar-refractivity contribution in [3.63, 3.8) is 0 Å². The molecular formula is C12H17ClN2O2S. The van der Waals surface area contributed by atoms with Crippen LogP contribution < -0.4 is 5.32 Å². The number of aliphatic hydroxyl groups is 1.